The van der Waals surface area contributed by atoms with Crippen LogP contribution in [0.25, 0.3) is 0 Å². The van der Waals surface area contributed by atoms with Gasteiger partial charge in [0.25, 0.3) is 10.0 Å². The van der Waals surface area contributed by atoms with Crippen LogP contribution >= 0.6 is 0 Å². The molecule has 2 aromatic rings. The molecule has 0 saturated carbocycles. The summed E-state index contributed by atoms with van der Waals surface area (Å²) in [5, 5.41) is 2.88. The van der Waals surface area contributed by atoms with Gasteiger partial charge in [0.1, 0.15) is 5.75 Å². The van der Waals surface area contributed by atoms with Gasteiger partial charge in [0.15, 0.2) is 5.03 Å². The zero-order valence-electron chi connectivity index (χ0n) is 16.3. The van der Waals surface area contributed by atoms with E-state index in [0.29, 0.717) is 30.8 Å². The molecule has 2 heterocycles. The molecule has 1 aliphatic rings. The van der Waals surface area contributed by atoms with Gasteiger partial charge in [-0.2, -0.15) is 4.31 Å². The summed E-state index contributed by atoms with van der Waals surface area (Å²) in [5.41, 5.74) is 0.625. The van der Waals surface area contributed by atoms with Crippen molar-refractivity contribution < 1.29 is 17.9 Å². The Kier molecular flexibility index (Phi) is 6.04. The number of hydrogen-bond donors (Lipinski definition) is 1. The van der Waals surface area contributed by atoms with E-state index in [9.17, 15) is 13.2 Å². The van der Waals surface area contributed by atoms with Crippen LogP contribution in [0, 0.1) is 5.92 Å². The summed E-state index contributed by atoms with van der Waals surface area (Å²) in [6, 6.07) is 7.21. The van der Waals surface area contributed by atoms with E-state index in [1.807, 2.05) is 13.8 Å². The average Bonchev–Trinajstić information content (AvgIpc) is 3.20. The zero-order valence-corrected chi connectivity index (χ0v) is 17.1. The van der Waals surface area contributed by atoms with Gasteiger partial charge >= 0.3 is 0 Å². The van der Waals surface area contributed by atoms with Gasteiger partial charge in [-0.15, -0.1) is 0 Å². The molecule has 1 saturated heterocycles. The summed E-state index contributed by atoms with van der Waals surface area (Å²) in [4.78, 5) is 16.7. The Balaban J connectivity index is 1.71. The number of nitrogens with zero attached hydrogens (tertiary/aromatic N) is 3. The van der Waals surface area contributed by atoms with Gasteiger partial charge in [-0.25, -0.2) is 13.4 Å². The van der Waals surface area contributed by atoms with Gasteiger partial charge in [0, 0.05) is 37.1 Å². The third-order valence-corrected chi connectivity index (χ3v) is 6.62. The summed E-state index contributed by atoms with van der Waals surface area (Å²) in [6.45, 7) is 4.45. The molecule has 9 heteroatoms. The van der Waals surface area contributed by atoms with Crippen molar-refractivity contribution in [3.63, 3.8) is 0 Å². The first-order valence-corrected chi connectivity index (χ1v) is 10.7. The molecular weight excluding hydrogens is 380 g/mol. The second-order valence-electron chi connectivity index (χ2n) is 7.18. The standard InChI is InChI=1S/C19H26N4O4S/c1-14(2)22-12-18(20-13-22)28(25,26)23-9-5-6-15(11-23)19(24)21-16-7-4-8-17(10-16)27-3/h4,7-8,10,12-15H,5-6,9,11H2,1-3H3,(H,21,24)/t15-/m1/s1. The highest BCUT2D eigenvalue weighted by atomic mass is 32.2. The number of nitrogens with one attached hydrogen (secondary N) is 1. The number of carbonyl (C=O) groups excluding carboxylic acids is 1. The van der Waals surface area contributed by atoms with E-state index in [-0.39, 0.29) is 23.5 Å². The van der Waals surface area contributed by atoms with Crippen LogP contribution in [-0.2, 0) is 14.8 Å². The lowest BCUT2D eigenvalue weighted by atomic mass is 9.98. The van der Waals surface area contributed by atoms with E-state index in [1.54, 1.807) is 42.1 Å². The Morgan fingerprint density at radius 1 is 1.36 bits per heavy atom. The first kappa shape index (κ1) is 20.3. The highest BCUT2D eigenvalue weighted by molar-refractivity contribution is 7.89. The fraction of sp³-hybridized carbons (Fsp3) is 0.474. The summed E-state index contributed by atoms with van der Waals surface area (Å²) in [5.74, 6) is 0.0363. The maximum Gasteiger partial charge on any atom is 0.262 e. The molecule has 152 valence electrons. The highest BCUT2D eigenvalue weighted by Crippen LogP contribution is 2.25. The SMILES string of the molecule is COc1cccc(NC(=O)[C@@H]2CCCN(S(=O)(=O)c3cn(C(C)C)cn3)C2)c1. The predicted molar refractivity (Wildman–Crippen MR) is 106 cm³/mol. The number of sulfonamides is 1. The number of hydrogen-bond acceptors (Lipinski definition) is 5. The van der Waals surface area contributed by atoms with E-state index in [1.165, 1.54) is 10.6 Å². The van der Waals surface area contributed by atoms with Crippen LogP contribution in [-0.4, -0.2) is 48.4 Å². The number of ether oxygens (including phenoxy) is 1. The lowest BCUT2D eigenvalue weighted by molar-refractivity contribution is -0.120. The topological polar surface area (TPSA) is 93.5 Å². The Labute approximate surface area is 165 Å². The summed E-state index contributed by atoms with van der Waals surface area (Å²) >= 11 is 0. The summed E-state index contributed by atoms with van der Waals surface area (Å²) < 4.78 is 34.1. The van der Waals surface area contributed by atoms with Crippen molar-refractivity contribution in [3.05, 3.63) is 36.8 Å². The Bertz CT molecular complexity index is 939. The van der Waals surface area contributed by atoms with E-state index >= 15 is 0 Å². The second-order valence-corrected chi connectivity index (χ2v) is 9.06. The number of carbonyl (C=O) groups is 1. The minimum atomic E-state index is -3.72. The average molecular weight is 407 g/mol. The number of methoxy groups -OCH3 is 1. The number of amides is 1. The van der Waals surface area contributed by atoms with Crippen LogP contribution in [0.3, 0.4) is 0 Å². The molecule has 1 aliphatic heterocycles. The van der Waals surface area contributed by atoms with Gasteiger partial charge < -0.3 is 14.6 Å². The largest absolute Gasteiger partial charge is 0.497 e. The second kappa shape index (κ2) is 8.32. The molecule has 1 amide bonds. The molecule has 1 fully saturated rings. The molecule has 0 spiro atoms. The van der Waals surface area contributed by atoms with Crippen molar-refractivity contribution in [3.8, 4) is 5.75 Å². The van der Waals surface area contributed by atoms with E-state index in [0.717, 1.165) is 0 Å². The minimum Gasteiger partial charge on any atom is -0.497 e. The first-order chi connectivity index (χ1) is 13.3. The summed E-state index contributed by atoms with van der Waals surface area (Å²) in [7, 11) is -2.16. The van der Waals surface area contributed by atoms with E-state index < -0.39 is 15.9 Å². The van der Waals surface area contributed by atoms with Crippen LogP contribution in [0.15, 0.2) is 41.8 Å². The molecule has 0 unspecified atom stereocenters. The van der Waals surface area contributed by atoms with Crippen molar-refractivity contribution in [2.75, 3.05) is 25.5 Å². The van der Waals surface area contributed by atoms with Gasteiger partial charge in [-0.3, -0.25) is 4.79 Å². The number of benzene rings is 1. The Morgan fingerprint density at radius 2 is 2.14 bits per heavy atom. The minimum absolute atomic E-state index is 0.0232. The fourth-order valence-corrected chi connectivity index (χ4v) is 4.63. The maximum absolute atomic E-state index is 12.9. The molecule has 0 radical (unpaired) electrons. The van der Waals surface area contributed by atoms with Crippen LogP contribution in [0.4, 0.5) is 5.69 Å². The van der Waals surface area contributed by atoms with E-state index in [4.69, 9.17) is 4.74 Å². The smallest absolute Gasteiger partial charge is 0.262 e. The van der Waals surface area contributed by atoms with E-state index in [2.05, 4.69) is 10.3 Å². The number of aromatic nitrogens is 2. The molecule has 0 aliphatic carbocycles. The normalized spacial score (nSPS) is 18.2. The molecule has 0 bridgehead atoms. The van der Waals surface area contributed by atoms with Crippen molar-refractivity contribution in [2.24, 2.45) is 5.92 Å². The lowest BCUT2D eigenvalue weighted by Crippen LogP contribution is -2.43. The highest BCUT2D eigenvalue weighted by Gasteiger charge is 2.34. The van der Waals surface area contributed by atoms with Gasteiger partial charge in [0.2, 0.25) is 5.91 Å². The molecule has 3 rings (SSSR count). The number of piperidine rings is 1. The Morgan fingerprint density at radius 3 is 2.82 bits per heavy atom. The molecule has 1 aromatic carbocycles. The van der Waals surface area contributed by atoms with Crippen LogP contribution in [0.2, 0.25) is 0 Å². The maximum atomic E-state index is 12.9. The summed E-state index contributed by atoms with van der Waals surface area (Å²) in [6.07, 6.45) is 4.33. The van der Waals surface area contributed by atoms with Gasteiger partial charge in [-0.1, -0.05) is 6.07 Å². The molecule has 28 heavy (non-hydrogen) atoms. The van der Waals surface area contributed by atoms with Crippen molar-refractivity contribution in [1.82, 2.24) is 13.9 Å². The van der Waals surface area contributed by atoms with Crippen molar-refractivity contribution >= 4 is 21.6 Å². The molecule has 1 aromatic heterocycles. The van der Waals surface area contributed by atoms with Gasteiger partial charge in [0.05, 0.1) is 19.4 Å². The van der Waals surface area contributed by atoms with Crippen LogP contribution < -0.4 is 10.1 Å². The van der Waals surface area contributed by atoms with Gasteiger partial charge in [-0.05, 0) is 38.8 Å². The van der Waals surface area contributed by atoms with Crippen LogP contribution in [0.1, 0.15) is 32.7 Å². The number of imidazole rings is 1. The molecule has 8 nitrogen and oxygen atoms in total. The number of rotatable bonds is 6. The van der Waals surface area contributed by atoms with Crippen molar-refractivity contribution in [1.29, 1.82) is 0 Å². The monoisotopic (exact) mass is 406 g/mol. The third-order valence-electron chi connectivity index (χ3n) is 4.87. The number of anilines is 1. The predicted octanol–water partition coefficient (Wildman–Crippen LogP) is 2.51. The molecule has 1 N–H and O–H groups in total. The first-order valence-electron chi connectivity index (χ1n) is 9.30. The quantitative estimate of drug-likeness (QED) is 0.796. The zero-order chi connectivity index (χ0) is 20.3. The third kappa shape index (κ3) is 4.36. The molecular formula is C19H26N4O4S. The van der Waals surface area contributed by atoms with Crippen molar-refractivity contribution in [2.45, 2.75) is 37.8 Å². The van der Waals surface area contributed by atoms with Crippen LogP contribution in [0.5, 0.6) is 5.75 Å². The lowest BCUT2D eigenvalue weighted by Gasteiger charge is -2.30. The molecule has 1 atom stereocenters. The fourth-order valence-electron chi connectivity index (χ4n) is 3.19. The Hall–Kier alpha value is -2.39.